The van der Waals surface area contributed by atoms with E-state index in [9.17, 15) is 4.79 Å². The first-order valence-corrected chi connectivity index (χ1v) is 15.3. The van der Waals surface area contributed by atoms with Gasteiger partial charge in [0.05, 0.1) is 5.56 Å². The van der Waals surface area contributed by atoms with Gasteiger partial charge in [0, 0.05) is 51.0 Å². The number of thiophene rings is 1. The van der Waals surface area contributed by atoms with Gasteiger partial charge in [0.15, 0.2) is 0 Å². The molecule has 1 atom stereocenters. The molecule has 4 nitrogen and oxygen atoms in total. The molecule has 1 aliphatic carbocycles. The van der Waals surface area contributed by atoms with Gasteiger partial charge in [0.25, 0.3) is 5.91 Å². The number of benzene rings is 3. The summed E-state index contributed by atoms with van der Waals surface area (Å²) in [6.45, 7) is 7.62. The molecule has 1 aliphatic rings. The Morgan fingerprint density at radius 1 is 1.05 bits per heavy atom. The molecule has 0 bridgehead atoms. The Hall–Kier alpha value is -3.67. The Morgan fingerprint density at radius 2 is 1.78 bits per heavy atom. The molecule has 0 radical (unpaired) electrons. The van der Waals surface area contributed by atoms with Crippen molar-refractivity contribution in [1.29, 1.82) is 0 Å². The van der Waals surface area contributed by atoms with Gasteiger partial charge in [0.2, 0.25) is 0 Å². The maximum Gasteiger partial charge on any atom is 0.259 e. The molecule has 3 aromatic carbocycles. The predicted octanol–water partition coefficient (Wildman–Crippen LogP) is 9.56. The van der Waals surface area contributed by atoms with E-state index in [1.165, 1.54) is 4.88 Å². The van der Waals surface area contributed by atoms with Crippen LogP contribution in [0.2, 0.25) is 5.02 Å². The number of hydrogen-bond donors (Lipinski definition) is 1. The number of carbonyl (C=O) groups is 1. The second-order valence-corrected chi connectivity index (χ2v) is 13.4. The minimum absolute atomic E-state index is 0.0868. The average molecular weight is 580 g/mol. The van der Waals surface area contributed by atoms with E-state index in [1.54, 1.807) is 11.3 Å². The number of nitrogens with one attached hydrogen (secondary N) is 1. The summed E-state index contributed by atoms with van der Waals surface area (Å²) in [5.41, 5.74) is 6.10. The highest BCUT2D eigenvalue weighted by molar-refractivity contribution is 7.16. The summed E-state index contributed by atoms with van der Waals surface area (Å²) in [6, 6.07) is 26.0. The van der Waals surface area contributed by atoms with E-state index in [0.717, 1.165) is 68.1 Å². The first-order chi connectivity index (χ1) is 19.8. The Bertz CT molecular complexity index is 1740. The fourth-order valence-corrected chi connectivity index (χ4v) is 7.26. The SMILES string of the molecule is CC(C)(C)[C@H]1CCc2c(sc(N=Cc3cn(Cc4ccccc4Cl)c4ccccc34)c2C(=O)Nc2ccccc2)C1. The molecule has 208 valence electrons. The number of aromatic nitrogens is 1. The van der Waals surface area contributed by atoms with Crippen molar-refractivity contribution >= 4 is 56.7 Å². The summed E-state index contributed by atoms with van der Waals surface area (Å²) < 4.78 is 2.22. The number of aliphatic imine (C=N–C) groups is 1. The third-order valence-electron chi connectivity index (χ3n) is 8.17. The second-order valence-electron chi connectivity index (χ2n) is 11.9. The van der Waals surface area contributed by atoms with Crippen LogP contribution in [0.4, 0.5) is 10.7 Å². The molecule has 6 rings (SSSR count). The highest BCUT2D eigenvalue weighted by Crippen LogP contribution is 2.45. The molecule has 5 aromatic rings. The van der Waals surface area contributed by atoms with Crippen LogP contribution in [0.25, 0.3) is 10.9 Å². The Balaban J connectivity index is 1.38. The molecule has 1 N–H and O–H groups in total. The number of anilines is 1. The van der Waals surface area contributed by atoms with E-state index in [2.05, 4.69) is 67.2 Å². The lowest BCUT2D eigenvalue weighted by molar-refractivity contribution is 0.102. The minimum Gasteiger partial charge on any atom is -0.342 e. The molecule has 0 aliphatic heterocycles. The topological polar surface area (TPSA) is 46.4 Å². The van der Waals surface area contributed by atoms with Crippen molar-refractivity contribution in [2.75, 3.05) is 5.32 Å². The largest absolute Gasteiger partial charge is 0.342 e. The molecule has 6 heteroatoms. The smallest absolute Gasteiger partial charge is 0.259 e. The lowest BCUT2D eigenvalue weighted by Gasteiger charge is -2.33. The third-order valence-corrected chi connectivity index (χ3v) is 9.70. The van der Waals surface area contributed by atoms with Crippen molar-refractivity contribution in [2.24, 2.45) is 16.3 Å². The highest BCUT2D eigenvalue weighted by Gasteiger charge is 2.33. The van der Waals surface area contributed by atoms with Crippen molar-refractivity contribution in [3.05, 3.63) is 117 Å². The van der Waals surface area contributed by atoms with Crippen LogP contribution < -0.4 is 5.32 Å². The number of carbonyl (C=O) groups excluding carboxylic acids is 1. The summed E-state index contributed by atoms with van der Waals surface area (Å²) in [6.07, 6.45) is 7.02. The monoisotopic (exact) mass is 579 g/mol. The number of amides is 1. The van der Waals surface area contributed by atoms with Gasteiger partial charge in [-0.1, -0.05) is 87.0 Å². The quantitative estimate of drug-likeness (QED) is 0.200. The van der Waals surface area contributed by atoms with Gasteiger partial charge in [0.1, 0.15) is 5.00 Å². The fraction of sp³-hybridized carbons (Fsp3) is 0.257. The summed E-state index contributed by atoms with van der Waals surface area (Å²) in [4.78, 5) is 20.0. The number of para-hydroxylation sites is 2. The fourth-order valence-electron chi connectivity index (χ4n) is 5.80. The molecule has 0 unspecified atom stereocenters. The molecule has 2 aromatic heterocycles. The van der Waals surface area contributed by atoms with E-state index in [1.807, 2.05) is 54.7 Å². The molecule has 41 heavy (non-hydrogen) atoms. The Kier molecular flexibility index (Phi) is 7.58. The minimum atomic E-state index is -0.0868. The van der Waals surface area contributed by atoms with Crippen molar-refractivity contribution < 1.29 is 4.79 Å². The van der Waals surface area contributed by atoms with E-state index in [0.29, 0.717) is 12.5 Å². The first kappa shape index (κ1) is 27.5. The van der Waals surface area contributed by atoms with Gasteiger partial charge < -0.3 is 9.88 Å². The summed E-state index contributed by atoms with van der Waals surface area (Å²) in [7, 11) is 0. The zero-order valence-electron chi connectivity index (χ0n) is 23.7. The van der Waals surface area contributed by atoms with Crippen LogP contribution in [0.15, 0.2) is 90.1 Å². The number of hydrogen-bond acceptors (Lipinski definition) is 3. The van der Waals surface area contributed by atoms with Gasteiger partial charge in [-0.05, 0) is 66.0 Å². The van der Waals surface area contributed by atoms with Gasteiger partial charge >= 0.3 is 0 Å². The van der Waals surface area contributed by atoms with Crippen LogP contribution in [0.3, 0.4) is 0 Å². The van der Waals surface area contributed by atoms with Crippen LogP contribution >= 0.6 is 22.9 Å². The van der Waals surface area contributed by atoms with Crippen LogP contribution in [-0.4, -0.2) is 16.7 Å². The second kappa shape index (κ2) is 11.3. The van der Waals surface area contributed by atoms with Crippen molar-refractivity contribution in [3.8, 4) is 0 Å². The van der Waals surface area contributed by atoms with Crippen LogP contribution in [0, 0.1) is 11.3 Å². The van der Waals surface area contributed by atoms with Crippen molar-refractivity contribution in [2.45, 2.75) is 46.6 Å². The molecule has 1 amide bonds. The average Bonchev–Trinajstić information content (AvgIpc) is 3.50. The van der Waals surface area contributed by atoms with Crippen LogP contribution in [0.1, 0.15) is 59.1 Å². The first-order valence-electron chi connectivity index (χ1n) is 14.1. The van der Waals surface area contributed by atoms with Gasteiger partial charge in [-0.2, -0.15) is 0 Å². The predicted molar refractivity (Wildman–Crippen MR) is 173 cm³/mol. The van der Waals surface area contributed by atoms with Crippen LogP contribution in [0.5, 0.6) is 0 Å². The van der Waals surface area contributed by atoms with Gasteiger partial charge in [-0.25, -0.2) is 4.99 Å². The maximum atomic E-state index is 13.7. The highest BCUT2D eigenvalue weighted by atomic mass is 35.5. The number of fused-ring (bicyclic) bond motifs is 2. The molecule has 0 saturated carbocycles. The van der Waals surface area contributed by atoms with E-state index >= 15 is 0 Å². The molecule has 0 saturated heterocycles. The van der Waals surface area contributed by atoms with E-state index < -0.39 is 0 Å². The van der Waals surface area contributed by atoms with E-state index in [-0.39, 0.29) is 11.3 Å². The molecule has 2 heterocycles. The Morgan fingerprint density at radius 3 is 2.56 bits per heavy atom. The molecule has 0 spiro atoms. The lowest BCUT2D eigenvalue weighted by atomic mass is 9.72. The van der Waals surface area contributed by atoms with Gasteiger partial charge in [-0.15, -0.1) is 11.3 Å². The number of nitrogens with zero attached hydrogens (tertiary/aromatic N) is 2. The zero-order valence-corrected chi connectivity index (χ0v) is 25.2. The lowest BCUT2D eigenvalue weighted by Crippen LogP contribution is -2.27. The molecular weight excluding hydrogens is 546 g/mol. The van der Waals surface area contributed by atoms with E-state index in [4.69, 9.17) is 16.6 Å². The Labute approximate surface area is 250 Å². The summed E-state index contributed by atoms with van der Waals surface area (Å²) >= 11 is 8.16. The number of halogens is 1. The summed E-state index contributed by atoms with van der Waals surface area (Å²) in [5, 5.41) is 5.77. The van der Waals surface area contributed by atoms with Crippen LogP contribution in [-0.2, 0) is 19.4 Å². The van der Waals surface area contributed by atoms with Crippen molar-refractivity contribution in [3.63, 3.8) is 0 Å². The maximum absolute atomic E-state index is 13.7. The zero-order chi connectivity index (χ0) is 28.6. The number of rotatable bonds is 6. The third kappa shape index (κ3) is 5.74. The standard InChI is InChI=1S/C35H34ClN3OS/c1-35(2,3)25-17-18-28-31(19-25)41-34(32(28)33(40)38-26-12-5-4-6-13-26)37-20-24-22-39(30-16-10-8-14-27(24)30)21-23-11-7-9-15-29(23)36/h4-16,20,22,25H,17-19,21H2,1-3H3,(H,38,40)/t25-/m0/s1. The molecule has 0 fully saturated rings. The van der Waals surface area contributed by atoms with Gasteiger partial charge in [-0.3, -0.25) is 4.79 Å². The summed E-state index contributed by atoms with van der Waals surface area (Å²) in [5.74, 6) is 0.495. The normalized spacial score (nSPS) is 15.4. The molecular formula is C35H34ClN3OS. The van der Waals surface area contributed by atoms with Crippen molar-refractivity contribution in [1.82, 2.24) is 4.57 Å².